The standard InChI is InChI=1S/C37H40BrN3O4S/c1-27-20-21-34(28(2)22-27)41(46(44,45)33-18-7-4-8-19-33)26-36(42)40(25-30-14-11-15-31(38)23-30)35(24-29-12-5-3-6-13-29)37(43)39-32-16-9-10-17-32/h3-8,11-15,18-23,32,35H,9-10,16-17,24-26H2,1-2H3,(H,39,43)/t35-/m1/s1. The van der Waals surface area contributed by atoms with Gasteiger partial charge in [0.1, 0.15) is 12.6 Å². The Morgan fingerprint density at radius 3 is 2.15 bits per heavy atom. The van der Waals surface area contributed by atoms with Crippen LogP contribution in [0.3, 0.4) is 0 Å². The maximum Gasteiger partial charge on any atom is 0.264 e. The number of carbonyl (C=O) groups excluding carboxylic acids is 2. The molecule has 0 heterocycles. The summed E-state index contributed by atoms with van der Waals surface area (Å²) >= 11 is 3.53. The highest BCUT2D eigenvalue weighted by molar-refractivity contribution is 9.10. The SMILES string of the molecule is Cc1ccc(N(CC(=O)N(Cc2cccc(Br)c2)[C@H](Cc2ccccc2)C(=O)NC2CCCC2)S(=O)(=O)c2ccccc2)c(C)c1. The summed E-state index contributed by atoms with van der Waals surface area (Å²) in [7, 11) is -4.14. The first kappa shape index (κ1) is 33.4. The van der Waals surface area contributed by atoms with E-state index in [1.165, 1.54) is 16.4 Å². The smallest absolute Gasteiger partial charge is 0.264 e. The molecule has 1 N–H and O–H groups in total. The summed E-state index contributed by atoms with van der Waals surface area (Å²) in [5.41, 5.74) is 3.85. The number of aryl methyl sites for hydroxylation is 2. The molecule has 46 heavy (non-hydrogen) atoms. The molecule has 0 aliphatic heterocycles. The first-order valence-corrected chi connectivity index (χ1v) is 17.9. The molecule has 9 heteroatoms. The molecule has 7 nitrogen and oxygen atoms in total. The van der Waals surface area contributed by atoms with Crippen LogP contribution in [0, 0.1) is 13.8 Å². The van der Waals surface area contributed by atoms with Crippen molar-refractivity contribution in [2.45, 2.75) is 69.5 Å². The van der Waals surface area contributed by atoms with E-state index in [9.17, 15) is 18.0 Å². The van der Waals surface area contributed by atoms with Gasteiger partial charge in [-0.25, -0.2) is 8.42 Å². The van der Waals surface area contributed by atoms with Gasteiger partial charge in [0.05, 0.1) is 10.6 Å². The lowest BCUT2D eigenvalue weighted by Crippen LogP contribution is -2.54. The van der Waals surface area contributed by atoms with Crippen LogP contribution in [0.25, 0.3) is 0 Å². The zero-order valence-corrected chi connectivity index (χ0v) is 28.6. The Kier molecular flexibility index (Phi) is 11.0. The lowest BCUT2D eigenvalue weighted by Gasteiger charge is -2.34. The Bertz CT molecular complexity index is 1760. The molecule has 0 saturated heterocycles. The number of carbonyl (C=O) groups is 2. The van der Waals surface area contributed by atoms with Gasteiger partial charge in [-0.05, 0) is 73.7 Å². The maximum absolute atomic E-state index is 14.7. The summed E-state index contributed by atoms with van der Waals surface area (Å²) in [6.07, 6.45) is 4.20. The van der Waals surface area contributed by atoms with Gasteiger partial charge in [-0.15, -0.1) is 0 Å². The molecule has 1 saturated carbocycles. The number of amides is 2. The third-order valence-corrected chi connectivity index (χ3v) is 10.7. The fraction of sp³-hybridized carbons (Fsp3) is 0.297. The molecule has 1 aliphatic carbocycles. The second-order valence-electron chi connectivity index (χ2n) is 12.0. The minimum absolute atomic E-state index is 0.0544. The average molecular weight is 703 g/mol. The number of nitrogens with one attached hydrogen (secondary N) is 1. The fourth-order valence-corrected chi connectivity index (χ4v) is 8.02. The number of benzene rings is 4. The van der Waals surface area contributed by atoms with Gasteiger partial charge >= 0.3 is 0 Å². The molecule has 240 valence electrons. The van der Waals surface area contributed by atoms with Gasteiger partial charge in [0.15, 0.2) is 0 Å². The van der Waals surface area contributed by atoms with E-state index in [0.29, 0.717) is 5.69 Å². The number of halogens is 1. The molecule has 0 unspecified atom stereocenters. The Balaban J connectivity index is 1.58. The molecule has 5 rings (SSSR count). The second kappa shape index (κ2) is 15.1. The van der Waals surface area contributed by atoms with Crippen LogP contribution < -0.4 is 9.62 Å². The first-order valence-electron chi connectivity index (χ1n) is 15.6. The van der Waals surface area contributed by atoms with E-state index in [-0.39, 0.29) is 29.8 Å². The van der Waals surface area contributed by atoms with E-state index in [1.54, 1.807) is 29.2 Å². The number of sulfonamides is 1. The summed E-state index contributed by atoms with van der Waals surface area (Å²) in [6.45, 7) is 3.43. The van der Waals surface area contributed by atoms with Gasteiger partial charge in [0.2, 0.25) is 11.8 Å². The molecule has 4 aromatic rings. The molecule has 0 radical (unpaired) electrons. The van der Waals surface area contributed by atoms with Crippen LogP contribution >= 0.6 is 15.9 Å². The zero-order chi connectivity index (χ0) is 32.7. The Morgan fingerprint density at radius 1 is 0.848 bits per heavy atom. The van der Waals surface area contributed by atoms with Crippen LogP contribution in [-0.4, -0.2) is 43.8 Å². The monoisotopic (exact) mass is 701 g/mol. The van der Waals surface area contributed by atoms with Crippen LogP contribution in [0.5, 0.6) is 0 Å². The molecule has 4 aromatic carbocycles. The third-order valence-electron chi connectivity index (χ3n) is 8.45. The molecular formula is C37H40BrN3O4S. The van der Waals surface area contributed by atoms with Crippen molar-refractivity contribution < 1.29 is 18.0 Å². The number of rotatable bonds is 12. The minimum atomic E-state index is -4.14. The summed E-state index contributed by atoms with van der Waals surface area (Å²) in [5.74, 6) is -0.704. The summed E-state index contributed by atoms with van der Waals surface area (Å²) < 4.78 is 30.5. The van der Waals surface area contributed by atoms with E-state index in [0.717, 1.165) is 52.4 Å². The number of hydrogen-bond donors (Lipinski definition) is 1. The van der Waals surface area contributed by atoms with Crippen molar-refractivity contribution in [2.75, 3.05) is 10.8 Å². The minimum Gasteiger partial charge on any atom is -0.352 e. The average Bonchev–Trinajstić information content (AvgIpc) is 3.56. The Labute approximate surface area is 280 Å². The first-order chi connectivity index (χ1) is 22.1. The largest absolute Gasteiger partial charge is 0.352 e. The van der Waals surface area contributed by atoms with E-state index >= 15 is 0 Å². The van der Waals surface area contributed by atoms with Gasteiger partial charge in [-0.1, -0.05) is 107 Å². The van der Waals surface area contributed by atoms with Crippen molar-refractivity contribution in [2.24, 2.45) is 0 Å². The number of anilines is 1. The molecule has 1 fully saturated rings. The maximum atomic E-state index is 14.7. The quantitative estimate of drug-likeness (QED) is 0.173. The van der Waals surface area contributed by atoms with Crippen molar-refractivity contribution in [3.8, 4) is 0 Å². The zero-order valence-electron chi connectivity index (χ0n) is 26.2. The lowest BCUT2D eigenvalue weighted by atomic mass is 10.0. The molecule has 0 aromatic heterocycles. The Morgan fingerprint density at radius 2 is 1.50 bits per heavy atom. The van der Waals surface area contributed by atoms with Crippen LogP contribution in [-0.2, 0) is 32.6 Å². The number of hydrogen-bond acceptors (Lipinski definition) is 4. The van der Waals surface area contributed by atoms with Crippen LogP contribution in [0.4, 0.5) is 5.69 Å². The van der Waals surface area contributed by atoms with Crippen molar-refractivity contribution in [3.05, 3.63) is 130 Å². The van der Waals surface area contributed by atoms with Crippen molar-refractivity contribution >= 4 is 43.5 Å². The number of nitrogens with zero attached hydrogens (tertiary/aromatic N) is 2. The molecular weight excluding hydrogens is 662 g/mol. The molecule has 1 atom stereocenters. The molecule has 0 bridgehead atoms. The normalized spacial score (nSPS) is 14.1. The molecule has 0 spiro atoms. The van der Waals surface area contributed by atoms with E-state index < -0.39 is 28.5 Å². The van der Waals surface area contributed by atoms with E-state index in [2.05, 4.69) is 21.2 Å². The van der Waals surface area contributed by atoms with Gasteiger partial charge in [-0.3, -0.25) is 13.9 Å². The predicted molar refractivity (Wildman–Crippen MR) is 186 cm³/mol. The van der Waals surface area contributed by atoms with Crippen molar-refractivity contribution in [1.82, 2.24) is 10.2 Å². The van der Waals surface area contributed by atoms with E-state index in [4.69, 9.17) is 0 Å². The lowest BCUT2D eigenvalue weighted by molar-refractivity contribution is -0.140. The molecule has 2 amide bonds. The van der Waals surface area contributed by atoms with E-state index in [1.807, 2.05) is 80.6 Å². The summed E-state index contributed by atoms with van der Waals surface area (Å²) in [6, 6.07) is 30.0. The second-order valence-corrected chi connectivity index (χ2v) is 14.7. The highest BCUT2D eigenvalue weighted by atomic mass is 79.9. The predicted octanol–water partition coefficient (Wildman–Crippen LogP) is 6.96. The Hall–Kier alpha value is -3.95. The van der Waals surface area contributed by atoms with Crippen molar-refractivity contribution in [3.63, 3.8) is 0 Å². The molecule has 1 aliphatic rings. The fourth-order valence-electron chi connectivity index (χ4n) is 6.07. The van der Waals surface area contributed by atoms with Gasteiger partial charge in [0, 0.05) is 23.5 Å². The van der Waals surface area contributed by atoms with Crippen LogP contribution in [0.1, 0.15) is 47.9 Å². The summed E-state index contributed by atoms with van der Waals surface area (Å²) in [5, 5.41) is 3.21. The van der Waals surface area contributed by atoms with Crippen LogP contribution in [0.2, 0.25) is 0 Å². The summed E-state index contributed by atoms with van der Waals surface area (Å²) in [4.78, 5) is 30.4. The van der Waals surface area contributed by atoms with Gasteiger partial charge in [-0.2, -0.15) is 0 Å². The highest BCUT2D eigenvalue weighted by Gasteiger charge is 2.36. The van der Waals surface area contributed by atoms with Gasteiger partial charge in [0.25, 0.3) is 10.0 Å². The van der Waals surface area contributed by atoms with Crippen molar-refractivity contribution in [1.29, 1.82) is 0 Å². The van der Waals surface area contributed by atoms with Gasteiger partial charge < -0.3 is 10.2 Å². The highest BCUT2D eigenvalue weighted by Crippen LogP contribution is 2.29. The van der Waals surface area contributed by atoms with Crippen LogP contribution in [0.15, 0.2) is 112 Å². The topological polar surface area (TPSA) is 86.8 Å². The third kappa shape index (κ3) is 8.25.